The Hall–Kier alpha value is -4.72. The van der Waals surface area contributed by atoms with Crippen molar-refractivity contribution in [2.45, 2.75) is 77.8 Å². The molecular formula is C39H48F2N10O2. The van der Waals surface area contributed by atoms with E-state index < -0.39 is 6.43 Å². The van der Waals surface area contributed by atoms with Gasteiger partial charge in [0.05, 0.1) is 24.3 Å². The van der Waals surface area contributed by atoms with Crippen LogP contribution in [0.3, 0.4) is 0 Å². The van der Waals surface area contributed by atoms with Crippen molar-refractivity contribution in [1.29, 1.82) is 0 Å². The molecule has 2 fully saturated rings. The Morgan fingerprint density at radius 3 is 2.34 bits per heavy atom. The van der Waals surface area contributed by atoms with Crippen LogP contribution in [0.4, 0.5) is 26.2 Å². The molecule has 4 aliphatic rings. The quantitative estimate of drug-likeness (QED) is 0.210. The summed E-state index contributed by atoms with van der Waals surface area (Å²) >= 11 is 0. The van der Waals surface area contributed by atoms with Gasteiger partial charge in [-0.2, -0.15) is 10.2 Å². The number of amides is 1. The molecule has 14 heteroatoms. The van der Waals surface area contributed by atoms with E-state index in [1.807, 2.05) is 11.0 Å². The number of fused-ring (bicyclic) bond motifs is 2. The largest absolute Gasteiger partial charge is 0.341 e. The van der Waals surface area contributed by atoms with E-state index >= 15 is 0 Å². The van der Waals surface area contributed by atoms with Crippen molar-refractivity contribution in [2.75, 3.05) is 55.6 Å². The van der Waals surface area contributed by atoms with Crippen molar-refractivity contribution in [2.24, 2.45) is 13.0 Å². The van der Waals surface area contributed by atoms with Gasteiger partial charge in [-0.25, -0.2) is 18.7 Å². The fraction of sp³-hybridized carbons (Fsp3) is 0.538. The second-order valence-corrected chi connectivity index (χ2v) is 15.2. The van der Waals surface area contributed by atoms with Crippen molar-refractivity contribution < 1.29 is 18.4 Å². The summed E-state index contributed by atoms with van der Waals surface area (Å²) in [6, 6.07) is 3.83. The number of Topliss-reactive ketones (excluding diaryl/α,β-unsaturated/α-hetero) is 1. The smallest absolute Gasteiger partial charge is 0.264 e. The molecular weight excluding hydrogens is 678 g/mol. The summed E-state index contributed by atoms with van der Waals surface area (Å²) in [6.07, 6.45) is 10.6. The lowest BCUT2D eigenvalue weighted by molar-refractivity contribution is -0.129. The Morgan fingerprint density at radius 2 is 1.68 bits per heavy atom. The third kappa shape index (κ3) is 7.05. The van der Waals surface area contributed by atoms with Gasteiger partial charge in [-0.3, -0.25) is 19.0 Å². The van der Waals surface area contributed by atoms with Crippen LogP contribution in [0.25, 0.3) is 11.1 Å². The molecule has 4 aliphatic heterocycles. The summed E-state index contributed by atoms with van der Waals surface area (Å²) in [5.41, 5.74) is 5.77. The van der Waals surface area contributed by atoms with E-state index in [4.69, 9.17) is 5.10 Å². The van der Waals surface area contributed by atoms with Crippen LogP contribution in [-0.2, 0) is 31.2 Å². The van der Waals surface area contributed by atoms with E-state index in [1.165, 1.54) is 12.6 Å². The molecule has 0 N–H and O–H groups in total. The zero-order chi connectivity index (χ0) is 36.8. The molecule has 8 rings (SSSR count). The molecule has 0 bridgehead atoms. The van der Waals surface area contributed by atoms with Gasteiger partial charge in [-0.05, 0) is 74.6 Å². The molecule has 0 spiro atoms. The molecule has 0 aliphatic carbocycles. The fourth-order valence-electron chi connectivity index (χ4n) is 8.77. The average molecular weight is 727 g/mol. The summed E-state index contributed by atoms with van der Waals surface area (Å²) in [4.78, 5) is 41.9. The van der Waals surface area contributed by atoms with Crippen molar-refractivity contribution in [3.8, 4) is 11.1 Å². The SMILES string of the molecule is CC(=O)c1cnc(N2CCC(CN3CCC(n4nc(N5CCCc6cc(-c7cnn(C)c7)c(C(F)F)cc65)c5c4CCN(C(C)=O)C5)CC3)CC2)nc1. The first-order chi connectivity index (χ1) is 25.6. The highest BCUT2D eigenvalue weighted by Crippen LogP contribution is 2.43. The zero-order valence-corrected chi connectivity index (χ0v) is 30.8. The number of alkyl halides is 2. The zero-order valence-electron chi connectivity index (χ0n) is 30.8. The number of carbonyl (C=O) groups excluding carboxylic acids is 2. The van der Waals surface area contributed by atoms with Crippen LogP contribution in [0.15, 0.2) is 36.9 Å². The molecule has 0 saturated carbocycles. The molecule has 53 heavy (non-hydrogen) atoms. The van der Waals surface area contributed by atoms with Gasteiger partial charge in [0.25, 0.3) is 6.43 Å². The summed E-state index contributed by atoms with van der Waals surface area (Å²) in [6.45, 7) is 9.81. The van der Waals surface area contributed by atoms with Crippen LogP contribution in [0.2, 0.25) is 0 Å². The number of aryl methyl sites for hydroxylation is 2. The highest BCUT2D eigenvalue weighted by atomic mass is 19.3. The number of hydrogen-bond acceptors (Lipinski definition) is 9. The Balaban J connectivity index is 0.989. The van der Waals surface area contributed by atoms with Gasteiger partial charge in [0.2, 0.25) is 11.9 Å². The topological polar surface area (TPSA) is 109 Å². The molecule has 0 unspecified atom stereocenters. The first-order valence-corrected chi connectivity index (χ1v) is 19.0. The monoisotopic (exact) mass is 726 g/mol. The molecule has 0 radical (unpaired) electrons. The number of aromatic nitrogens is 6. The highest BCUT2D eigenvalue weighted by molar-refractivity contribution is 5.93. The average Bonchev–Trinajstić information content (AvgIpc) is 3.78. The van der Waals surface area contributed by atoms with Crippen molar-refractivity contribution in [1.82, 2.24) is 39.3 Å². The molecule has 2 saturated heterocycles. The van der Waals surface area contributed by atoms with Gasteiger partial charge in [0, 0.05) is 113 Å². The van der Waals surface area contributed by atoms with E-state index in [0.717, 1.165) is 100 Å². The maximum atomic E-state index is 14.7. The van der Waals surface area contributed by atoms with Gasteiger partial charge < -0.3 is 19.6 Å². The van der Waals surface area contributed by atoms with Crippen molar-refractivity contribution >= 4 is 29.1 Å². The summed E-state index contributed by atoms with van der Waals surface area (Å²) in [7, 11) is 1.79. The van der Waals surface area contributed by atoms with Gasteiger partial charge in [0.1, 0.15) is 0 Å². The predicted molar refractivity (Wildman–Crippen MR) is 198 cm³/mol. The van der Waals surface area contributed by atoms with Crippen LogP contribution in [0.1, 0.15) is 91.2 Å². The van der Waals surface area contributed by atoms with Gasteiger partial charge in [-0.15, -0.1) is 0 Å². The normalized spacial score (nSPS) is 18.8. The molecule has 280 valence electrons. The van der Waals surface area contributed by atoms with Gasteiger partial charge in [-0.1, -0.05) is 0 Å². The molecule has 0 atom stereocenters. The van der Waals surface area contributed by atoms with E-state index in [9.17, 15) is 18.4 Å². The van der Waals surface area contributed by atoms with E-state index in [0.29, 0.717) is 48.2 Å². The van der Waals surface area contributed by atoms with E-state index in [-0.39, 0.29) is 23.3 Å². The maximum Gasteiger partial charge on any atom is 0.264 e. The summed E-state index contributed by atoms with van der Waals surface area (Å²) < 4.78 is 33.2. The molecule has 4 aromatic rings. The van der Waals surface area contributed by atoms with Crippen molar-refractivity contribution in [3.63, 3.8) is 0 Å². The standard InChI is InChI=1S/C39H48F2N10O2/c1-25(52)29-19-42-39(43-20-29)48-14-6-27(7-15-48)22-47-12-8-31(9-13-47)51-35-10-16-49(26(2)53)24-34(35)38(45-51)50-11-4-5-28-17-32(30-21-44-46(3)23-30)33(37(40)41)18-36(28)50/h17-21,23,27,31,37H,4-16,22,24H2,1-3H3. The number of ketones is 1. The third-order valence-electron chi connectivity index (χ3n) is 11.7. The Bertz CT molecular complexity index is 1980. The predicted octanol–water partition coefficient (Wildman–Crippen LogP) is 5.76. The van der Waals surface area contributed by atoms with Crippen LogP contribution in [0.5, 0.6) is 0 Å². The molecule has 7 heterocycles. The number of piperidine rings is 2. The molecule has 1 aromatic carbocycles. The maximum absolute atomic E-state index is 14.7. The fourth-order valence-corrected chi connectivity index (χ4v) is 8.77. The second-order valence-electron chi connectivity index (χ2n) is 15.2. The Labute approximate surface area is 308 Å². The first-order valence-electron chi connectivity index (χ1n) is 19.0. The minimum absolute atomic E-state index is 0.00277. The number of likely N-dealkylation sites (tertiary alicyclic amines) is 1. The number of carbonyl (C=O) groups is 2. The number of hydrogen-bond donors (Lipinski definition) is 0. The lowest BCUT2D eigenvalue weighted by Gasteiger charge is -2.38. The van der Waals surface area contributed by atoms with Crippen LogP contribution in [-0.4, -0.2) is 96.8 Å². The van der Waals surface area contributed by atoms with Gasteiger partial charge >= 0.3 is 0 Å². The number of anilines is 3. The second kappa shape index (κ2) is 14.6. The van der Waals surface area contributed by atoms with E-state index in [1.54, 1.807) is 49.5 Å². The number of benzene rings is 1. The Kier molecular flexibility index (Phi) is 9.73. The summed E-state index contributed by atoms with van der Waals surface area (Å²) in [5, 5.41) is 9.57. The highest BCUT2D eigenvalue weighted by Gasteiger charge is 2.35. The van der Waals surface area contributed by atoms with Crippen LogP contribution in [0, 0.1) is 5.92 Å². The minimum atomic E-state index is -2.64. The van der Waals surface area contributed by atoms with Crippen LogP contribution < -0.4 is 9.80 Å². The first kappa shape index (κ1) is 35.3. The van der Waals surface area contributed by atoms with Crippen LogP contribution >= 0.6 is 0 Å². The number of rotatable bonds is 8. The molecule has 12 nitrogen and oxygen atoms in total. The third-order valence-corrected chi connectivity index (χ3v) is 11.7. The van der Waals surface area contributed by atoms with E-state index in [2.05, 4.69) is 34.4 Å². The minimum Gasteiger partial charge on any atom is -0.341 e. The number of nitrogens with zero attached hydrogens (tertiary/aromatic N) is 10. The summed E-state index contributed by atoms with van der Waals surface area (Å²) in [5.74, 6) is 2.11. The van der Waals surface area contributed by atoms with Crippen molar-refractivity contribution in [3.05, 3.63) is 64.9 Å². The van der Waals surface area contributed by atoms with Gasteiger partial charge in [0.15, 0.2) is 11.6 Å². The lowest BCUT2D eigenvalue weighted by Crippen LogP contribution is -2.42. The number of halogens is 2. The lowest BCUT2D eigenvalue weighted by atomic mass is 9.92. The Morgan fingerprint density at radius 1 is 0.925 bits per heavy atom. The molecule has 3 aromatic heterocycles. The molecule has 1 amide bonds.